The molecular formula is C22H36N2O4. The average Bonchev–Trinajstić information content (AvgIpc) is 2.48. The van der Waals surface area contributed by atoms with E-state index < -0.39 is 17.2 Å². The average molecular weight is 393 g/mol. The molecule has 0 fully saturated rings. The molecule has 1 aromatic carbocycles. The molecule has 0 aliphatic heterocycles. The van der Waals surface area contributed by atoms with E-state index in [9.17, 15) is 9.59 Å². The van der Waals surface area contributed by atoms with Gasteiger partial charge in [-0.05, 0) is 71.6 Å². The van der Waals surface area contributed by atoms with Crippen LogP contribution in [-0.4, -0.2) is 34.7 Å². The Labute approximate surface area is 169 Å². The summed E-state index contributed by atoms with van der Waals surface area (Å²) in [6.45, 7) is 16.1. The SMILES string of the molecule is CC(C)CCN(Cc1ccc(C(=O)OC(C)(C)C)cc1N)C(=O)OC(C)(C)C. The molecule has 0 saturated carbocycles. The van der Waals surface area contributed by atoms with Crippen LogP contribution in [0.5, 0.6) is 0 Å². The van der Waals surface area contributed by atoms with Crippen LogP contribution in [0.3, 0.4) is 0 Å². The Balaban J connectivity index is 2.98. The number of benzene rings is 1. The van der Waals surface area contributed by atoms with Crippen molar-refractivity contribution in [1.82, 2.24) is 4.90 Å². The van der Waals surface area contributed by atoms with Gasteiger partial charge in [0.2, 0.25) is 0 Å². The summed E-state index contributed by atoms with van der Waals surface area (Å²) >= 11 is 0. The molecule has 0 saturated heterocycles. The minimum absolute atomic E-state index is 0.321. The minimum Gasteiger partial charge on any atom is -0.456 e. The molecule has 0 atom stereocenters. The van der Waals surface area contributed by atoms with Gasteiger partial charge in [0.1, 0.15) is 11.2 Å². The second kappa shape index (κ2) is 9.30. The van der Waals surface area contributed by atoms with Crippen LogP contribution >= 0.6 is 0 Å². The largest absolute Gasteiger partial charge is 0.456 e. The maximum atomic E-state index is 12.6. The molecule has 6 nitrogen and oxygen atoms in total. The maximum absolute atomic E-state index is 12.6. The first-order valence-electron chi connectivity index (χ1n) is 9.77. The van der Waals surface area contributed by atoms with E-state index in [2.05, 4.69) is 13.8 Å². The van der Waals surface area contributed by atoms with Crippen LogP contribution in [0, 0.1) is 5.92 Å². The monoisotopic (exact) mass is 392 g/mol. The number of nitrogens with zero attached hydrogens (tertiary/aromatic N) is 1. The molecule has 0 spiro atoms. The fourth-order valence-electron chi connectivity index (χ4n) is 2.38. The van der Waals surface area contributed by atoms with Crippen molar-refractivity contribution < 1.29 is 19.1 Å². The Morgan fingerprint density at radius 2 is 1.61 bits per heavy atom. The third-order valence-electron chi connectivity index (χ3n) is 3.77. The van der Waals surface area contributed by atoms with Crippen LogP contribution in [0.15, 0.2) is 18.2 Å². The van der Waals surface area contributed by atoms with Gasteiger partial charge in [-0.3, -0.25) is 0 Å². The van der Waals surface area contributed by atoms with E-state index in [1.807, 2.05) is 41.5 Å². The maximum Gasteiger partial charge on any atom is 0.410 e. The van der Waals surface area contributed by atoms with Crippen LogP contribution in [0.1, 0.15) is 77.7 Å². The number of hydrogen-bond donors (Lipinski definition) is 1. The number of hydrogen-bond acceptors (Lipinski definition) is 5. The fraction of sp³-hybridized carbons (Fsp3) is 0.636. The van der Waals surface area contributed by atoms with E-state index in [1.165, 1.54) is 0 Å². The van der Waals surface area contributed by atoms with E-state index in [1.54, 1.807) is 23.1 Å². The zero-order valence-corrected chi connectivity index (χ0v) is 18.6. The predicted molar refractivity (Wildman–Crippen MR) is 112 cm³/mol. The topological polar surface area (TPSA) is 81.9 Å². The van der Waals surface area contributed by atoms with Crippen LogP contribution in [0.4, 0.5) is 10.5 Å². The Morgan fingerprint density at radius 3 is 2.07 bits per heavy atom. The van der Waals surface area contributed by atoms with Gasteiger partial charge in [0.25, 0.3) is 0 Å². The summed E-state index contributed by atoms with van der Waals surface area (Å²) in [6, 6.07) is 5.04. The van der Waals surface area contributed by atoms with Gasteiger partial charge >= 0.3 is 12.1 Å². The van der Waals surface area contributed by atoms with Crippen molar-refractivity contribution in [3.8, 4) is 0 Å². The third-order valence-corrected chi connectivity index (χ3v) is 3.77. The molecular weight excluding hydrogens is 356 g/mol. The number of carbonyl (C=O) groups excluding carboxylic acids is 2. The first-order valence-corrected chi connectivity index (χ1v) is 9.77. The lowest BCUT2D eigenvalue weighted by Crippen LogP contribution is -2.37. The first kappa shape index (κ1) is 23.8. The highest BCUT2D eigenvalue weighted by Gasteiger charge is 2.24. The molecule has 28 heavy (non-hydrogen) atoms. The molecule has 1 amide bonds. The second-order valence-corrected chi connectivity index (χ2v) is 9.50. The molecule has 1 rings (SSSR count). The Hall–Kier alpha value is -2.24. The van der Waals surface area contributed by atoms with Crippen molar-refractivity contribution in [1.29, 1.82) is 0 Å². The number of anilines is 1. The molecule has 1 aromatic rings. The van der Waals surface area contributed by atoms with Crippen molar-refractivity contribution in [3.63, 3.8) is 0 Å². The zero-order valence-electron chi connectivity index (χ0n) is 18.6. The second-order valence-electron chi connectivity index (χ2n) is 9.50. The fourth-order valence-corrected chi connectivity index (χ4v) is 2.38. The highest BCUT2D eigenvalue weighted by molar-refractivity contribution is 5.91. The zero-order chi connectivity index (χ0) is 21.7. The van der Waals surface area contributed by atoms with Gasteiger partial charge in [0.05, 0.1) is 12.1 Å². The number of esters is 1. The summed E-state index contributed by atoms with van der Waals surface area (Å²) in [7, 11) is 0. The number of amides is 1. The van der Waals surface area contributed by atoms with E-state index in [0.717, 1.165) is 12.0 Å². The van der Waals surface area contributed by atoms with Gasteiger partial charge in [-0.2, -0.15) is 0 Å². The van der Waals surface area contributed by atoms with Gasteiger partial charge in [0, 0.05) is 12.2 Å². The molecule has 0 bridgehead atoms. The molecule has 0 aliphatic rings. The molecule has 0 heterocycles. The molecule has 158 valence electrons. The van der Waals surface area contributed by atoms with Crippen LogP contribution < -0.4 is 5.73 Å². The van der Waals surface area contributed by atoms with Gasteiger partial charge in [-0.1, -0.05) is 19.9 Å². The molecule has 0 radical (unpaired) electrons. The lowest BCUT2D eigenvalue weighted by atomic mass is 10.1. The highest BCUT2D eigenvalue weighted by Crippen LogP contribution is 2.21. The smallest absolute Gasteiger partial charge is 0.410 e. The Bertz CT molecular complexity index is 685. The normalized spacial score (nSPS) is 12.0. The lowest BCUT2D eigenvalue weighted by Gasteiger charge is -2.28. The molecule has 0 unspecified atom stereocenters. The summed E-state index contributed by atoms with van der Waals surface area (Å²) in [5.41, 5.74) is 6.63. The first-order chi connectivity index (χ1) is 12.7. The number of carbonyl (C=O) groups is 2. The number of nitrogen functional groups attached to an aromatic ring is 1. The summed E-state index contributed by atoms with van der Waals surface area (Å²) in [5, 5.41) is 0. The molecule has 0 aliphatic carbocycles. The Kier molecular flexibility index (Phi) is 7.91. The number of rotatable bonds is 6. The van der Waals surface area contributed by atoms with Crippen molar-refractivity contribution in [2.24, 2.45) is 5.92 Å². The Morgan fingerprint density at radius 1 is 1.04 bits per heavy atom. The van der Waals surface area contributed by atoms with E-state index in [-0.39, 0.29) is 6.09 Å². The molecule has 6 heteroatoms. The van der Waals surface area contributed by atoms with Gasteiger partial charge in [0.15, 0.2) is 0 Å². The van der Waals surface area contributed by atoms with Crippen molar-refractivity contribution in [3.05, 3.63) is 29.3 Å². The predicted octanol–water partition coefficient (Wildman–Crippen LogP) is 5.01. The van der Waals surface area contributed by atoms with Crippen molar-refractivity contribution in [2.75, 3.05) is 12.3 Å². The highest BCUT2D eigenvalue weighted by atomic mass is 16.6. The molecule has 2 N–H and O–H groups in total. The van der Waals surface area contributed by atoms with Crippen molar-refractivity contribution in [2.45, 2.75) is 79.6 Å². The van der Waals surface area contributed by atoms with Gasteiger partial charge in [-0.25, -0.2) is 9.59 Å². The number of ether oxygens (including phenoxy) is 2. The quantitative estimate of drug-likeness (QED) is 0.544. The molecule has 0 aromatic heterocycles. The van der Waals surface area contributed by atoms with Crippen LogP contribution in [0.2, 0.25) is 0 Å². The van der Waals surface area contributed by atoms with E-state index >= 15 is 0 Å². The lowest BCUT2D eigenvalue weighted by molar-refractivity contribution is 0.00683. The summed E-state index contributed by atoms with van der Waals surface area (Å²) in [5.74, 6) is 0.0337. The summed E-state index contributed by atoms with van der Waals surface area (Å²) in [6.07, 6.45) is 0.485. The standard InChI is InChI=1S/C22H36N2O4/c1-15(2)11-12-24(20(26)28-22(6,7)8)14-17-10-9-16(13-18(17)23)19(25)27-21(3,4)5/h9-10,13,15H,11-12,14,23H2,1-8H3. The van der Waals surface area contributed by atoms with Crippen LogP contribution in [0.25, 0.3) is 0 Å². The summed E-state index contributed by atoms with van der Waals surface area (Å²) in [4.78, 5) is 26.5. The number of nitrogens with two attached hydrogens (primary N) is 1. The van der Waals surface area contributed by atoms with Gasteiger partial charge in [-0.15, -0.1) is 0 Å². The minimum atomic E-state index is -0.575. The summed E-state index contributed by atoms with van der Waals surface area (Å²) < 4.78 is 10.9. The van der Waals surface area contributed by atoms with Crippen LogP contribution in [-0.2, 0) is 16.0 Å². The van der Waals surface area contributed by atoms with Gasteiger partial charge < -0.3 is 20.1 Å². The van der Waals surface area contributed by atoms with E-state index in [0.29, 0.717) is 30.3 Å². The van der Waals surface area contributed by atoms with E-state index in [4.69, 9.17) is 15.2 Å². The third kappa shape index (κ3) is 8.63. The van der Waals surface area contributed by atoms with Crippen molar-refractivity contribution >= 4 is 17.7 Å².